The van der Waals surface area contributed by atoms with Gasteiger partial charge in [0.1, 0.15) is 0 Å². The fourth-order valence-electron chi connectivity index (χ4n) is 2.06. The van der Waals surface area contributed by atoms with Crippen LogP contribution >= 0.6 is 0 Å². The average molecular weight is 142 g/mol. The molecule has 0 radical (unpaired) electrons. The van der Waals surface area contributed by atoms with E-state index in [-0.39, 0.29) is 5.60 Å². The molecule has 2 heteroatoms. The summed E-state index contributed by atoms with van der Waals surface area (Å²) >= 11 is 0. The molecule has 2 saturated heterocycles. The van der Waals surface area contributed by atoms with E-state index >= 15 is 0 Å². The van der Waals surface area contributed by atoms with Crippen LogP contribution < -0.4 is 0 Å². The summed E-state index contributed by atoms with van der Waals surface area (Å²) in [5.74, 6) is 0.572. The summed E-state index contributed by atoms with van der Waals surface area (Å²) in [4.78, 5) is 0. The first kappa shape index (κ1) is 6.62. The second-order valence-corrected chi connectivity index (χ2v) is 3.70. The molecule has 0 aliphatic carbocycles. The quantitative estimate of drug-likeness (QED) is 0.506. The van der Waals surface area contributed by atoms with E-state index in [0.29, 0.717) is 18.1 Å². The van der Waals surface area contributed by atoms with Crippen LogP contribution in [0.2, 0.25) is 0 Å². The van der Waals surface area contributed by atoms with Crippen molar-refractivity contribution in [2.75, 3.05) is 6.61 Å². The summed E-state index contributed by atoms with van der Waals surface area (Å²) in [6.45, 7) is 7.22. The lowest BCUT2D eigenvalue weighted by Crippen LogP contribution is -2.33. The Bertz CT molecular complexity index is 157. The number of hydrogen-bond acceptors (Lipinski definition) is 2. The first-order chi connectivity index (χ1) is 4.63. The Morgan fingerprint density at radius 3 is 2.30 bits per heavy atom. The maximum absolute atomic E-state index is 5.73. The number of fused-ring (bicyclic) bond motifs is 2. The van der Waals surface area contributed by atoms with E-state index in [1.165, 1.54) is 0 Å². The van der Waals surface area contributed by atoms with Gasteiger partial charge in [-0.3, -0.25) is 0 Å². The number of ether oxygens (including phenoxy) is 2. The molecule has 0 aromatic carbocycles. The number of hydrogen-bond donors (Lipinski definition) is 0. The molecule has 2 bridgehead atoms. The first-order valence-electron chi connectivity index (χ1n) is 3.93. The molecule has 2 heterocycles. The molecule has 0 amide bonds. The lowest BCUT2D eigenvalue weighted by Gasteiger charge is -2.25. The molecule has 0 N–H and O–H groups in total. The van der Waals surface area contributed by atoms with Gasteiger partial charge in [0.05, 0.1) is 24.4 Å². The third-order valence-corrected chi connectivity index (χ3v) is 2.94. The van der Waals surface area contributed by atoms with Crippen LogP contribution in [-0.4, -0.2) is 24.4 Å². The fraction of sp³-hybridized carbons (Fsp3) is 1.00. The smallest absolute Gasteiger partial charge is 0.0942 e. The molecule has 4 atom stereocenters. The van der Waals surface area contributed by atoms with Gasteiger partial charge in [0.2, 0.25) is 0 Å². The van der Waals surface area contributed by atoms with E-state index in [2.05, 4.69) is 20.8 Å². The van der Waals surface area contributed by atoms with Crippen LogP contribution in [0.1, 0.15) is 20.8 Å². The molecule has 2 aliphatic heterocycles. The van der Waals surface area contributed by atoms with Gasteiger partial charge in [-0.15, -0.1) is 0 Å². The van der Waals surface area contributed by atoms with E-state index in [1.54, 1.807) is 0 Å². The van der Waals surface area contributed by atoms with E-state index < -0.39 is 0 Å². The van der Waals surface area contributed by atoms with Crippen molar-refractivity contribution in [1.29, 1.82) is 0 Å². The van der Waals surface area contributed by atoms with Crippen molar-refractivity contribution < 1.29 is 9.47 Å². The van der Waals surface area contributed by atoms with Crippen molar-refractivity contribution in [2.24, 2.45) is 5.92 Å². The van der Waals surface area contributed by atoms with Crippen molar-refractivity contribution in [2.45, 2.75) is 38.6 Å². The van der Waals surface area contributed by atoms with E-state index in [1.807, 2.05) is 0 Å². The summed E-state index contributed by atoms with van der Waals surface area (Å²) < 4.78 is 11.3. The molecular weight excluding hydrogens is 128 g/mol. The molecule has 2 unspecified atom stereocenters. The molecule has 2 rings (SSSR count). The summed E-state index contributed by atoms with van der Waals surface area (Å²) in [5, 5.41) is 0. The van der Waals surface area contributed by atoms with Crippen LogP contribution in [0.15, 0.2) is 0 Å². The van der Waals surface area contributed by atoms with Gasteiger partial charge >= 0.3 is 0 Å². The second-order valence-electron chi connectivity index (χ2n) is 3.70. The van der Waals surface area contributed by atoms with E-state index in [4.69, 9.17) is 9.47 Å². The highest BCUT2D eigenvalue weighted by atomic mass is 16.6. The third-order valence-electron chi connectivity index (χ3n) is 2.94. The maximum Gasteiger partial charge on any atom is 0.0942 e. The van der Waals surface area contributed by atoms with Crippen LogP contribution in [0.4, 0.5) is 0 Å². The van der Waals surface area contributed by atoms with Crippen molar-refractivity contribution in [3.05, 3.63) is 0 Å². The van der Waals surface area contributed by atoms with Gasteiger partial charge in [0.25, 0.3) is 0 Å². The Balaban J connectivity index is 2.26. The molecular formula is C8H14O2. The molecule has 0 spiro atoms. The van der Waals surface area contributed by atoms with Crippen LogP contribution in [0, 0.1) is 5.92 Å². The van der Waals surface area contributed by atoms with Crippen molar-refractivity contribution in [1.82, 2.24) is 0 Å². The van der Waals surface area contributed by atoms with Gasteiger partial charge in [-0.25, -0.2) is 0 Å². The molecule has 0 aromatic heterocycles. The SMILES string of the molecule is CC1OC2(C)CO[C@@H]1[C@@H]2C. The van der Waals surface area contributed by atoms with Gasteiger partial charge in [-0.05, 0) is 13.8 Å². The van der Waals surface area contributed by atoms with Crippen LogP contribution in [0.5, 0.6) is 0 Å². The first-order valence-corrected chi connectivity index (χ1v) is 3.93. The summed E-state index contributed by atoms with van der Waals surface area (Å²) in [7, 11) is 0. The van der Waals surface area contributed by atoms with Gasteiger partial charge in [0, 0.05) is 5.92 Å². The normalized spacial score (nSPS) is 59.7. The summed E-state index contributed by atoms with van der Waals surface area (Å²) in [5.41, 5.74) is 0.0179. The molecule has 0 aromatic rings. The molecule has 58 valence electrons. The highest BCUT2D eigenvalue weighted by Gasteiger charge is 2.54. The minimum absolute atomic E-state index is 0.0179. The van der Waals surface area contributed by atoms with Gasteiger partial charge in [-0.2, -0.15) is 0 Å². The Morgan fingerprint density at radius 2 is 2.10 bits per heavy atom. The molecule has 2 aliphatic rings. The zero-order valence-corrected chi connectivity index (χ0v) is 6.76. The van der Waals surface area contributed by atoms with Crippen LogP contribution in [-0.2, 0) is 9.47 Å². The lowest BCUT2D eigenvalue weighted by molar-refractivity contribution is -0.128. The van der Waals surface area contributed by atoms with Gasteiger partial charge < -0.3 is 9.47 Å². The Kier molecular flexibility index (Phi) is 1.15. The second kappa shape index (κ2) is 1.74. The topological polar surface area (TPSA) is 18.5 Å². The van der Waals surface area contributed by atoms with Crippen molar-refractivity contribution in [3.63, 3.8) is 0 Å². The van der Waals surface area contributed by atoms with Crippen LogP contribution in [0.3, 0.4) is 0 Å². The van der Waals surface area contributed by atoms with Gasteiger partial charge in [0.15, 0.2) is 0 Å². The minimum atomic E-state index is 0.0179. The van der Waals surface area contributed by atoms with Crippen molar-refractivity contribution >= 4 is 0 Å². The maximum atomic E-state index is 5.73. The fourth-order valence-corrected chi connectivity index (χ4v) is 2.06. The largest absolute Gasteiger partial charge is 0.372 e. The standard InChI is InChI=1S/C8H14O2/c1-5-7-6(2)10-8(5,3)4-9-7/h5-7H,4H2,1-3H3/t5-,6?,7+,8?/m0/s1. The average Bonchev–Trinajstić information content (AvgIpc) is 2.20. The Morgan fingerprint density at radius 1 is 1.40 bits per heavy atom. The molecule has 0 saturated carbocycles. The zero-order chi connectivity index (χ0) is 7.35. The third kappa shape index (κ3) is 0.611. The van der Waals surface area contributed by atoms with Gasteiger partial charge in [-0.1, -0.05) is 6.92 Å². The molecule has 10 heavy (non-hydrogen) atoms. The van der Waals surface area contributed by atoms with Crippen LogP contribution in [0.25, 0.3) is 0 Å². The Labute approximate surface area is 61.5 Å². The zero-order valence-electron chi connectivity index (χ0n) is 6.76. The Hall–Kier alpha value is -0.0800. The summed E-state index contributed by atoms with van der Waals surface area (Å²) in [6, 6.07) is 0. The predicted octanol–water partition coefficient (Wildman–Crippen LogP) is 1.20. The number of rotatable bonds is 0. The monoisotopic (exact) mass is 142 g/mol. The lowest BCUT2D eigenvalue weighted by atomic mass is 9.92. The highest BCUT2D eigenvalue weighted by Crippen LogP contribution is 2.43. The van der Waals surface area contributed by atoms with Crippen molar-refractivity contribution in [3.8, 4) is 0 Å². The predicted molar refractivity (Wildman–Crippen MR) is 37.9 cm³/mol. The van der Waals surface area contributed by atoms with E-state index in [0.717, 1.165) is 6.61 Å². The summed E-state index contributed by atoms with van der Waals surface area (Å²) in [6.07, 6.45) is 0.652. The molecule has 2 nitrogen and oxygen atoms in total. The minimum Gasteiger partial charge on any atom is -0.372 e. The molecule has 2 fully saturated rings. The highest BCUT2D eigenvalue weighted by molar-refractivity contribution is 5.01. The van der Waals surface area contributed by atoms with E-state index in [9.17, 15) is 0 Å².